The van der Waals surface area contributed by atoms with Gasteiger partial charge in [0.25, 0.3) is 5.91 Å². The number of carbonyl (C=O) groups is 1. The van der Waals surface area contributed by atoms with E-state index < -0.39 is 0 Å². The number of anilines is 1. The molecular formula is C19H11Cl2NOS. The predicted molar refractivity (Wildman–Crippen MR) is 101 cm³/mol. The van der Waals surface area contributed by atoms with Crippen LogP contribution in [-0.4, -0.2) is 5.91 Å². The van der Waals surface area contributed by atoms with Gasteiger partial charge in [-0.2, -0.15) is 0 Å². The molecule has 0 saturated heterocycles. The Labute approximate surface area is 154 Å². The third-order valence-corrected chi connectivity index (χ3v) is 4.77. The zero-order valence-corrected chi connectivity index (χ0v) is 14.7. The molecule has 0 saturated carbocycles. The highest BCUT2D eigenvalue weighted by atomic mass is 35.5. The van der Waals surface area contributed by atoms with Crippen molar-refractivity contribution in [3.63, 3.8) is 0 Å². The van der Waals surface area contributed by atoms with E-state index in [4.69, 9.17) is 23.2 Å². The highest BCUT2D eigenvalue weighted by Gasteiger charge is 2.12. The van der Waals surface area contributed by atoms with E-state index >= 15 is 0 Å². The van der Waals surface area contributed by atoms with Crippen LogP contribution in [0.2, 0.25) is 10.0 Å². The maximum absolute atomic E-state index is 12.4. The Morgan fingerprint density at radius 3 is 2.62 bits per heavy atom. The summed E-state index contributed by atoms with van der Waals surface area (Å²) in [4.78, 5) is 13.4. The predicted octanol–water partition coefficient (Wildman–Crippen LogP) is 5.71. The Morgan fingerprint density at radius 1 is 1.00 bits per heavy atom. The first kappa shape index (κ1) is 16.6. The molecule has 0 unspecified atom stereocenters. The van der Waals surface area contributed by atoms with Crippen LogP contribution in [0.25, 0.3) is 0 Å². The molecule has 24 heavy (non-hydrogen) atoms. The van der Waals surface area contributed by atoms with Crippen LogP contribution in [0.5, 0.6) is 0 Å². The summed E-state index contributed by atoms with van der Waals surface area (Å²) < 4.78 is 0. The van der Waals surface area contributed by atoms with Crippen LogP contribution in [0.4, 0.5) is 5.69 Å². The van der Waals surface area contributed by atoms with Gasteiger partial charge < -0.3 is 5.32 Å². The largest absolute Gasteiger partial charge is 0.322 e. The van der Waals surface area contributed by atoms with Crippen molar-refractivity contribution in [3.05, 3.63) is 86.0 Å². The summed E-state index contributed by atoms with van der Waals surface area (Å²) in [6.45, 7) is 0. The molecule has 0 atom stereocenters. The van der Waals surface area contributed by atoms with Crippen molar-refractivity contribution in [1.82, 2.24) is 0 Å². The van der Waals surface area contributed by atoms with Crippen molar-refractivity contribution in [3.8, 4) is 11.8 Å². The van der Waals surface area contributed by atoms with E-state index in [1.165, 1.54) is 0 Å². The van der Waals surface area contributed by atoms with E-state index in [1.807, 2.05) is 35.7 Å². The minimum atomic E-state index is -0.314. The van der Waals surface area contributed by atoms with Gasteiger partial charge in [0.05, 0.1) is 20.5 Å². The van der Waals surface area contributed by atoms with Gasteiger partial charge in [-0.3, -0.25) is 4.79 Å². The van der Waals surface area contributed by atoms with E-state index in [-0.39, 0.29) is 10.9 Å². The molecule has 1 aromatic heterocycles. The van der Waals surface area contributed by atoms with Gasteiger partial charge in [0.1, 0.15) is 0 Å². The maximum atomic E-state index is 12.4. The molecule has 0 fully saturated rings. The van der Waals surface area contributed by atoms with Gasteiger partial charge in [0.15, 0.2) is 0 Å². The summed E-state index contributed by atoms with van der Waals surface area (Å²) in [6, 6.07) is 16.2. The third-order valence-electron chi connectivity index (χ3n) is 3.17. The minimum Gasteiger partial charge on any atom is -0.322 e. The lowest BCUT2D eigenvalue weighted by Gasteiger charge is -2.08. The average Bonchev–Trinajstić information content (AvgIpc) is 3.09. The fraction of sp³-hybridized carbons (Fsp3) is 0. The van der Waals surface area contributed by atoms with Gasteiger partial charge in [0.2, 0.25) is 0 Å². The summed E-state index contributed by atoms with van der Waals surface area (Å²) in [6.07, 6.45) is 0. The number of hydrogen-bond acceptors (Lipinski definition) is 2. The number of amides is 1. The van der Waals surface area contributed by atoms with E-state index in [0.717, 1.165) is 10.4 Å². The fourth-order valence-electron chi connectivity index (χ4n) is 2.04. The Balaban J connectivity index is 1.79. The van der Waals surface area contributed by atoms with Gasteiger partial charge in [-0.15, -0.1) is 11.3 Å². The van der Waals surface area contributed by atoms with Crippen LogP contribution in [0.3, 0.4) is 0 Å². The van der Waals surface area contributed by atoms with Crippen LogP contribution >= 0.6 is 34.5 Å². The molecule has 0 bridgehead atoms. The number of benzene rings is 2. The van der Waals surface area contributed by atoms with Gasteiger partial charge in [-0.05, 0) is 41.8 Å². The smallest absolute Gasteiger partial charge is 0.257 e. The van der Waals surface area contributed by atoms with E-state index in [1.54, 1.807) is 35.6 Å². The summed E-state index contributed by atoms with van der Waals surface area (Å²) in [5.74, 6) is 5.86. The Bertz CT molecular complexity index is 939. The number of nitrogens with one attached hydrogen (secondary N) is 1. The zero-order valence-electron chi connectivity index (χ0n) is 12.3. The molecule has 1 N–H and O–H groups in total. The van der Waals surface area contributed by atoms with Gasteiger partial charge in [-0.25, -0.2) is 0 Å². The maximum Gasteiger partial charge on any atom is 0.257 e. The molecule has 118 valence electrons. The normalized spacial score (nSPS) is 9.92. The summed E-state index contributed by atoms with van der Waals surface area (Å²) in [7, 11) is 0. The number of rotatable bonds is 2. The van der Waals surface area contributed by atoms with Crippen LogP contribution in [-0.2, 0) is 0 Å². The number of carbonyl (C=O) groups excluding carboxylic acids is 1. The molecule has 5 heteroatoms. The molecular weight excluding hydrogens is 361 g/mol. The molecule has 0 spiro atoms. The summed E-state index contributed by atoms with van der Waals surface area (Å²) >= 11 is 13.6. The van der Waals surface area contributed by atoms with Crippen molar-refractivity contribution in [1.29, 1.82) is 0 Å². The molecule has 0 aliphatic heterocycles. The number of halogens is 2. The standard InChI is InChI=1S/C19H11Cl2NOS/c20-17-8-2-7-16(18(17)21)19(23)22-14-5-1-4-13(12-14)9-10-15-6-3-11-24-15/h1-8,11-12H,(H,22,23). The Kier molecular flexibility index (Phi) is 5.22. The molecule has 1 amide bonds. The molecule has 3 rings (SSSR count). The van der Waals surface area contributed by atoms with Crippen LogP contribution in [0, 0.1) is 11.8 Å². The first-order valence-electron chi connectivity index (χ1n) is 7.04. The second kappa shape index (κ2) is 7.55. The molecule has 3 aromatic rings. The van der Waals surface area contributed by atoms with E-state index in [9.17, 15) is 4.79 Å². The second-order valence-electron chi connectivity index (χ2n) is 4.86. The quantitative estimate of drug-likeness (QED) is 0.574. The lowest BCUT2D eigenvalue weighted by molar-refractivity contribution is 0.102. The van der Waals surface area contributed by atoms with E-state index in [2.05, 4.69) is 17.2 Å². The van der Waals surface area contributed by atoms with Crippen molar-refractivity contribution in [2.75, 3.05) is 5.32 Å². The highest BCUT2D eigenvalue weighted by Crippen LogP contribution is 2.26. The van der Waals surface area contributed by atoms with Crippen LogP contribution < -0.4 is 5.32 Å². The minimum absolute atomic E-state index is 0.241. The van der Waals surface area contributed by atoms with Gasteiger partial charge in [-0.1, -0.05) is 53.2 Å². The van der Waals surface area contributed by atoms with Crippen molar-refractivity contribution in [2.45, 2.75) is 0 Å². The lowest BCUT2D eigenvalue weighted by Crippen LogP contribution is -2.12. The van der Waals surface area contributed by atoms with Crippen molar-refractivity contribution < 1.29 is 4.79 Å². The third kappa shape index (κ3) is 3.98. The molecule has 2 aromatic carbocycles. The monoisotopic (exact) mass is 371 g/mol. The lowest BCUT2D eigenvalue weighted by atomic mass is 10.1. The number of thiophene rings is 1. The van der Waals surface area contributed by atoms with Gasteiger partial charge in [0, 0.05) is 11.3 Å². The van der Waals surface area contributed by atoms with Crippen LogP contribution in [0.1, 0.15) is 20.8 Å². The fourth-order valence-corrected chi connectivity index (χ4v) is 2.99. The van der Waals surface area contributed by atoms with Crippen molar-refractivity contribution >= 4 is 46.1 Å². The molecule has 0 radical (unpaired) electrons. The average molecular weight is 372 g/mol. The molecule has 0 aliphatic rings. The molecule has 0 aliphatic carbocycles. The number of hydrogen-bond donors (Lipinski definition) is 1. The summed E-state index contributed by atoms with van der Waals surface area (Å²) in [5.41, 5.74) is 1.80. The topological polar surface area (TPSA) is 29.1 Å². The first-order chi connectivity index (χ1) is 11.6. The Hall–Kier alpha value is -2.25. The van der Waals surface area contributed by atoms with Crippen LogP contribution in [0.15, 0.2) is 60.0 Å². The van der Waals surface area contributed by atoms with E-state index in [0.29, 0.717) is 16.3 Å². The molecule has 1 heterocycles. The summed E-state index contributed by atoms with van der Waals surface area (Å²) in [5, 5.41) is 5.38. The SMILES string of the molecule is O=C(Nc1cccc(C#Cc2cccs2)c1)c1cccc(Cl)c1Cl. The Morgan fingerprint density at radius 2 is 1.83 bits per heavy atom. The van der Waals surface area contributed by atoms with Crippen molar-refractivity contribution in [2.24, 2.45) is 0 Å². The second-order valence-corrected chi connectivity index (χ2v) is 6.60. The molecule has 2 nitrogen and oxygen atoms in total. The first-order valence-corrected chi connectivity index (χ1v) is 8.68. The zero-order chi connectivity index (χ0) is 16.9. The highest BCUT2D eigenvalue weighted by molar-refractivity contribution is 7.10. The van der Waals surface area contributed by atoms with Gasteiger partial charge >= 0.3 is 0 Å².